The second-order valence-electron chi connectivity index (χ2n) is 2.67. The Labute approximate surface area is 79.0 Å². The van der Waals surface area contributed by atoms with Gasteiger partial charge >= 0.3 is 6.09 Å². The zero-order valence-electron chi connectivity index (χ0n) is 8.86. The summed E-state index contributed by atoms with van der Waals surface area (Å²) in [5.74, 6) is 0. The number of para-hydroxylation sites is 1. The molecule has 0 bridgehead atoms. The molecule has 1 heterocycles. The van der Waals surface area contributed by atoms with Crippen molar-refractivity contribution in [3.05, 3.63) is 42.6 Å². The van der Waals surface area contributed by atoms with Crippen molar-refractivity contribution in [3.63, 3.8) is 0 Å². The predicted octanol–water partition coefficient (Wildman–Crippen LogP) is 2.16. The molecule has 0 spiro atoms. The van der Waals surface area contributed by atoms with Crippen LogP contribution >= 0.6 is 0 Å². The number of carbonyl (C=O) groups is 1. The summed E-state index contributed by atoms with van der Waals surface area (Å²) in [6.07, 6.45) is -0.534. The highest BCUT2D eigenvalue weighted by Crippen LogP contribution is 2.23. The van der Waals surface area contributed by atoms with Gasteiger partial charge in [-0.2, -0.15) is 0 Å². The fraction of sp³-hybridized carbons (Fsp3) is 0.100. The van der Waals surface area contributed by atoms with Crippen molar-refractivity contribution in [2.24, 2.45) is 0 Å². The summed E-state index contributed by atoms with van der Waals surface area (Å²) in [5.41, 5.74) is 0.887. The molecule has 0 unspecified atom stereocenters. The molecule has 0 aliphatic carbocycles. The lowest BCUT2D eigenvalue weighted by Gasteiger charge is -2.12. The molecule has 0 aromatic heterocycles. The number of hydrogen-bond acceptors (Lipinski definition) is 2. The van der Waals surface area contributed by atoms with Crippen LogP contribution < -0.4 is 4.90 Å². The lowest BCUT2D eigenvalue weighted by atomic mass is 10.3. The van der Waals surface area contributed by atoms with Gasteiger partial charge in [0.05, 0.1) is 14.1 Å². The van der Waals surface area contributed by atoms with Gasteiger partial charge in [0.2, 0.25) is 0 Å². The Morgan fingerprint density at radius 3 is 2.92 bits per heavy atom. The van der Waals surface area contributed by atoms with Gasteiger partial charge in [-0.1, -0.05) is 24.7 Å². The number of nitrogens with zero attached hydrogens (tertiary/aromatic N) is 1. The number of ether oxygens (including phenoxy) is 1. The molecule has 1 amide bonds. The maximum Gasteiger partial charge on any atom is 0.419 e. The minimum absolute atomic E-state index is 0.00391. The molecule has 13 heavy (non-hydrogen) atoms. The number of carbonyl (C=O) groups excluding carboxylic acids is 1. The van der Waals surface area contributed by atoms with Crippen LogP contribution in [0, 0.1) is 0 Å². The van der Waals surface area contributed by atoms with Crippen LogP contribution in [-0.2, 0) is 4.74 Å². The number of amides is 1. The van der Waals surface area contributed by atoms with E-state index in [1.54, 1.807) is 24.3 Å². The largest absolute Gasteiger partial charge is 0.442 e. The van der Waals surface area contributed by atoms with Crippen LogP contribution in [0.1, 0.15) is 2.74 Å². The monoisotopic (exact) mass is 177 g/mol. The summed E-state index contributed by atoms with van der Waals surface area (Å²) in [6.45, 7) is -0.402. The van der Waals surface area contributed by atoms with E-state index >= 15 is 0 Å². The Hall–Kier alpha value is -1.77. The number of benzene rings is 1. The molecule has 3 nitrogen and oxygen atoms in total. The van der Waals surface area contributed by atoms with Crippen molar-refractivity contribution in [1.82, 2.24) is 0 Å². The average Bonchev–Trinajstić information content (AvgIpc) is 2.61. The van der Waals surface area contributed by atoms with Gasteiger partial charge < -0.3 is 4.74 Å². The summed E-state index contributed by atoms with van der Waals surface area (Å²) in [6, 6.07) is 8.86. The molecule has 1 aromatic carbocycles. The van der Waals surface area contributed by atoms with Gasteiger partial charge in [-0.3, -0.25) is 0 Å². The van der Waals surface area contributed by atoms with Crippen LogP contribution in [0.15, 0.2) is 42.6 Å². The summed E-state index contributed by atoms with van der Waals surface area (Å²) in [4.78, 5) is 12.6. The number of hydrogen-bond donors (Lipinski definition) is 0. The second-order valence-corrected chi connectivity index (χ2v) is 2.67. The van der Waals surface area contributed by atoms with E-state index in [1.165, 1.54) is 4.90 Å². The lowest BCUT2D eigenvalue weighted by molar-refractivity contribution is 0.182. The van der Waals surface area contributed by atoms with E-state index in [-0.39, 0.29) is 12.3 Å². The van der Waals surface area contributed by atoms with Crippen LogP contribution in [0.4, 0.5) is 10.5 Å². The third-order valence-corrected chi connectivity index (χ3v) is 1.80. The van der Waals surface area contributed by atoms with Gasteiger partial charge in [0.1, 0.15) is 6.61 Å². The first-order valence-electron chi connectivity index (χ1n) is 4.88. The minimum atomic E-state index is -0.534. The Morgan fingerprint density at radius 1 is 1.46 bits per heavy atom. The Morgan fingerprint density at radius 2 is 2.23 bits per heavy atom. The lowest BCUT2D eigenvalue weighted by Crippen LogP contribution is -2.21. The molecule has 2 rings (SSSR count). The standard InChI is InChI=1S/C10H9NO2/c1-8-7-13-10(12)11(8)9-5-3-2-4-6-9/h2-6H,1,7H2/i1D2. The third-order valence-electron chi connectivity index (χ3n) is 1.80. The summed E-state index contributed by atoms with van der Waals surface area (Å²) >= 11 is 0. The molecule has 0 atom stereocenters. The molecule has 0 radical (unpaired) electrons. The number of rotatable bonds is 1. The van der Waals surface area contributed by atoms with Gasteiger partial charge in [-0.25, -0.2) is 9.69 Å². The summed E-state index contributed by atoms with van der Waals surface area (Å²) in [5, 5.41) is 0. The quantitative estimate of drug-likeness (QED) is 0.657. The first-order chi connectivity index (χ1) is 7.20. The Kier molecular flexibility index (Phi) is 1.31. The zero-order chi connectivity index (χ0) is 10.8. The van der Waals surface area contributed by atoms with Crippen molar-refractivity contribution in [3.8, 4) is 0 Å². The maximum absolute atomic E-state index is 11.4. The molecule has 1 saturated heterocycles. The minimum Gasteiger partial charge on any atom is -0.442 e. The van der Waals surface area contributed by atoms with Crippen molar-refractivity contribution in [2.45, 2.75) is 0 Å². The smallest absolute Gasteiger partial charge is 0.419 e. The predicted molar refractivity (Wildman–Crippen MR) is 49.4 cm³/mol. The van der Waals surface area contributed by atoms with Gasteiger partial charge in [0.25, 0.3) is 0 Å². The van der Waals surface area contributed by atoms with Crippen LogP contribution in [0.2, 0.25) is 0 Å². The first kappa shape index (κ1) is 5.80. The zero-order valence-corrected chi connectivity index (χ0v) is 6.86. The molecule has 3 heteroatoms. The van der Waals surface area contributed by atoms with Crippen molar-refractivity contribution in [2.75, 3.05) is 11.5 Å². The normalized spacial score (nSPS) is 18.0. The SMILES string of the molecule is [2H]C([2H])=C1COC(=O)N1c1ccccc1. The topological polar surface area (TPSA) is 29.5 Å². The van der Waals surface area contributed by atoms with Crippen molar-refractivity contribution >= 4 is 11.8 Å². The van der Waals surface area contributed by atoms with Gasteiger partial charge in [0, 0.05) is 0 Å². The first-order valence-corrected chi connectivity index (χ1v) is 3.88. The number of anilines is 1. The van der Waals surface area contributed by atoms with Crippen LogP contribution in [0.3, 0.4) is 0 Å². The van der Waals surface area contributed by atoms with E-state index in [0.29, 0.717) is 5.69 Å². The van der Waals surface area contributed by atoms with E-state index in [1.807, 2.05) is 6.07 Å². The van der Waals surface area contributed by atoms with E-state index in [2.05, 4.69) is 0 Å². The molecular formula is C10H9NO2. The summed E-state index contributed by atoms with van der Waals surface area (Å²) < 4.78 is 19.2. The molecule has 1 aromatic rings. The molecule has 1 aliphatic heterocycles. The highest BCUT2D eigenvalue weighted by atomic mass is 16.6. The van der Waals surface area contributed by atoms with Crippen LogP contribution in [-0.4, -0.2) is 12.7 Å². The van der Waals surface area contributed by atoms with E-state index < -0.39 is 12.6 Å². The fourth-order valence-electron chi connectivity index (χ4n) is 1.21. The van der Waals surface area contributed by atoms with E-state index in [9.17, 15) is 4.79 Å². The van der Waals surface area contributed by atoms with E-state index in [0.717, 1.165) is 0 Å². The molecular weight excluding hydrogens is 166 g/mol. The van der Waals surface area contributed by atoms with E-state index in [4.69, 9.17) is 7.48 Å². The molecule has 1 aliphatic rings. The molecule has 0 N–H and O–H groups in total. The number of cyclic esters (lactones) is 1. The van der Waals surface area contributed by atoms with Crippen molar-refractivity contribution in [1.29, 1.82) is 0 Å². The Bertz CT molecular complexity index is 413. The second kappa shape index (κ2) is 2.94. The van der Waals surface area contributed by atoms with Gasteiger partial charge in [-0.15, -0.1) is 0 Å². The average molecular weight is 177 g/mol. The van der Waals surface area contributed by atoms with Crippen LogP contribution in [0.25, 0.3) is 0 Å². The maximum atomic E-state index is 11.4. The van der Waals surface area contributed by atoms with Crippen molar-refractivity contribution < 1.29 is 12.3 Å². The van der Waals surface area contributed by atoms with Crippen LogP contribution in [0.5, 0.6) is 0 Å². The molecule has 66 valence electrons. The third kappa shape index (κ3) is 1.28. The summed E-state index contributed by atoms with van der Waals surface area (Å²) in [7, 11) is 0. The highest BCUT2D eigenvalue weighted by molar-refractivity contribution is 5.93. The highest BCUT2D eigenvalue weighted by Gasteiger charge is 2.26. The van der Waals surface area contributed by atoms with Gasteiger partial charge in [0.15, 0.2) is 0 Å². The molecule has 0 saturated carbocycles. The Balaban J connectivity index is 2.43. The fourth-order valence-corrected chi connectivity index (χ4v) is 1.21. The molecule has 1 fully saturated rings. The van der Waals surface area contributed by atoms with Gasteiger partial charge in [-0.05, 0) is 12.1 Å².